The van der Waals surface area contributed by atoms with Crippen molar-refractivity contribution in [3.05, 3.63) is 59.7 Å². The third-order valence-electron chi connectivity index (χ3n) is 3.77. The number of carbonyl (C=O) groups is 2. The number of rotatable bonds is 9. The van der Waals surface area contributed by atoms with Crippen LogP contribution in [0.1, 0.15) is 37.3 Å². The number of nitrogens with one attached hydrogen (secondary N) is 2. The average molecular weight is 367 g/mol. The molecule has 0 atom stereocenters. The van der Waals surface area contributed by atoms with Crippen molar-refractivity contribution in [3.63, 3.8) is 0 Å². The zero-order valence-corrected chi connectivity index (χ0v) is 15.7. The fourth-order valence-corrected chi connectivity index (χ4v) is 2.31. The molecule has 2 aromatic rings. The molecule has 2 rings (SSSR count). The Balaban J connectivity index is 1.78. The molecule has 0 saturated heterocycles. The van der Waals surface area contributed by atoms with E-state index in [1.54, 1.807) is 0 Å². The molecule has 0 saturated carbocycles. The third-order valence-corrected chi connectivity index (χ3v) is 3.77. The van der Waals surface area contributed by atoms with Crippen LogP contribution in [-0.4, -0.2) is 24.6 Å². The van der Waals surface area contributed by atoms with Gasteiger partial charge in [-0.3, -0.25) is 9.59 Å². The van der Waals surface area contributed by atoms with Gasteiger partial charge in [0.05, 0.1) is 12.8 Å². The number of hydrogen-bond donors (Lipinski definition) is 2. The minimum absolute atomic E-state index is 0.0586. The Kier molecular flexibility index (Phi) is 8.03. The largest absolute Gasteiger partial charge is 0.493 e. The van der Waals surface area contributed by atoms with Crippen molar-refractivity contribution in [3.8, 4) is 5.75 Å². The van der Waals surface area contributed by atoms with Crippen LogP contribution >= 0.6 is 0 Å². The molecule has 6 nitrogen and oxygen atoms in total. The van der Waals surface area contributed by atoms with Gasteiger partial charge < -0.3 is 10.1 Å². The van der Waals surface area contributed by atoms with E-state index in [0.717, 1.165) is 29.0 Å². The smallest absolute Gasteiger partial charge is 0.240 e. The first-order valence-electron chi connectivity index (χ1n) is 8.99. The van der Waals surface area contributed by atoms with Crippen molar-refractivity contribution < 1.29 is 14.3 Å². The Bertz CT molecular complexity index is 803. The van der Waals surface area contributed by atoms with Crippen molar-refractivity contribution >= 4 is 23.7 Å². The summed E-state index contributed by atoms with van der Waals surface area (Å²) in [7, 11) is 0. The lowest BCUT2D eigenvalue weighted by Gasteiger charge is -2.08. The van der Waals surface area contributed by atoms with E-state index in [0.29, 0.717) is 6.61 Å². The molecule has 0 aliphatic carbocycles. The van der Waals surface area contributed by atoms with Crippen LogP contribution < -0.4 is 15.5 Å². The van der Waals surface area contributed by atoms with Gasteiger partial charge in [0.2, 0.25) is 11.8 Å². The molecule has 0 spiro atoms. The molecule has 0 radical (unpaired) electrons. The van der Waals surface area contributed by atoms with E-state index in [2.05, 4.69) is 15.8 Å². The van der Waals surface area contributed by atoms with Gasteiger partial charge in [0.1, 0.15) is 5.75 Å². The number of ether oxygens (including phenoxy) is 1. The van der Waals surface area contributed by atoms with Crippen molar-refractivity contribution in [2.24, 2.45) is 5.10 Å². The molecule has 0 aromatic heterocycles. The van der Waals surface area contributed by atoms with Gasteiger partial charge in [-0.05, 0) is 37.1 Å². The highest BCUT2D eigenvalue weighted by Gasteiger charge is 2.08. The Morgan fingerprint density at radius 3 is 2.52 bits per heavy atom. The van der Waals surface area contributed by atoms with Crippen molar-refractivity contribution in [1.82, 2.24) is 5.43 Å². The first-order valence-corrected chi connectivity index (χ1v) is 8.99. The molecular formula is C21H25N3O3. The Hall–Kier alpha value is -3.15. The molecule has 0 bridgehead atoms. The summed E-state index contributed by atoms with van der Waals surface area (Å²) in [4.78, 5) is 23.8. The summed E-state index contributed by atoms with van der Waals surface area (Å²) >= 11 is 0. The fraction of sp³-hybridized carbons (Fsp3) is 0.286. The maximum Gasteiger partial charge on any atom is 0.240 e. The first-order chi connectivity index (χ1) is 13.1. The molecule has 2 aromatic carbocycles. The first kappa shape index (κ1) is 20.2. The van der Waals surface area contributed by atoms with Crippen LogP contribution in [0.5, 0.6) is 5.75 Å². The second-order valence-electron chi connectivity index (χ2n) is 6.04. The van der Waals surface area contributed by atoms with Crippen LogP contribution in [0.4, 0.5) is 5.69 Å². The molecule has 27 heavy (non-hydrogen) atoms. The number of amides is 2. The number of carbonyl (C=O) groups excluding carboxylic acids is 2. The lowest BCUT2D eigenvalue weighted by molar-refractivity contribution is -0.124. The molecule has 0 fully saturated rings. The van der Waals surface area contributed by atoms with E-state index in [-0.39, 0.29) is 24.7 Å². The maximum absolute atomic E-state index is 12.0. The second kappa shape index (κ2) is 10.8. The number of hydrogen-bond acceptors (Lipinski definition) is 4. The lowest BCUT2D eigenvalue weighted by atomic mass is 10.2. The number of benzene rings is 2. The lowest BCUT2D eigenvalue weighted by Crippen LogP contribution is -2.20. The molecule has 0 aliphatic rings. The molecule has 6 heteroatoms. The van der Waals surface area contributed by atoms with Crippen LogP contribution in [0.2, 0.25) is 0 Å². The summed E-state index contributed by atoms with van der Waals surface area (Å²) in [5.74, 6) is 0.190. The van der Waals surface area contributed by atoms with Gasteiger partial charge in [-0.2, -0.15) is 5.10 Å². The van der Waals surface area contributed by atoms with E-state index in [1.165, 1.54) is 6.21 Å². The number of hydrazone groups is 1. The Morgan fingerprint density at radius 2 is 1.74 bits per heavy atom. The minimum Gasteiger partial charge on any atom is -0.493 e. The summed E-state index contributed by atoms with van der Waals surface area (Å²) in [5.41, 5.74) is 4.95. The molecule has 2 N–H and O–H groups in total. The zero-order valence-electron chi connectivity index (χ0n) is 15.7. The quantitative estimate of drug-likeness (QED) is 0.524. The summed E-state index contributed by atoms with van der Waals surface area (Å²) in [6.45, 7) is 4.57. The summed E-state index contributed by atoms with van der Waals surface area (Å²) < 4.78 is 5.63. The minimum atomic E-state index is -0.321. The maximum atomic E-state index is 12.0. The van der Waals surface area contributed by atoms with E-state index < -0.39 is 0 Å². The van der Waals surface area contributed by atoms with Crippen LogP contribution in [0.25, 0.3) is 0 Å². The average Bonchev–Trinajstić information content (AvgIpc) is 2.67. The van der Waals surface area contributed by atoms with Gasteiger partial charge in [0.15, 0.2) is 0 Å². The van der Waals surface area contributed by atoms with Gasteiger partial charge in [-0.1, -0.05) is 37.3 Å². The topological polar surface area (TPSA) is 79.8 Å². The number of anilines is 1. The number of aryl methyl sites for hydroxylation is 1. The van der Waals surface area contributed by atoms with Crippen molar-refractivity contribution in [2.45, 2.75) is 33.1 Å². The molecular weight excluding hydrogens is 342 g/mol. The van der Waals surface area contributed by atoms with E-state index in [4.69, 9.17) is 4.74 Å². The van der Waals surface area contributed by atoms with Gasteiger partial charge in [-0.15, -0.1) is 0 Å². The molecule has 142 valence electrons. The van der Waals surface area contributed by atoms with Crippen molar-refractivity contribution in [1.29, 1.82) is 0 Å². The van der Waals surface area contributed by atoms with Crippen LogP contribution in [0, 0.1) is 6.92 Å². The van der Waals surface area contributed by atoms with Crippen LogP contribution in [0.15, 0.2) is 53.6 Å². The van der Waals surface area contributed by atoms with Crippen LogP contribution in [-0.2, 0) is 9.59 Å². The van der Waals surface area contributed by atoms with Crippen LogP contribution in [0.3, 0.4) is 0 Å². The monoisotopic (exact) mass is 367 g/mol. The Morgan fingerprint density at radius 1 is 1.04 bits per heavy atom. The normalized spacial score (nSPS) is 10.6. The predicted molar refractivity (Wildman–Crippen MR) is 107 cm³/mol. The highest BCUT2D eigenvalue weighted by molar-refractivity contribution is 5.94. The third kappa shape index (κ3) is 6.93. The van der Waals surface area contributed by atoms with E-state index >= 15 is 0 Å². The summed E-state index contributed by atoms with van der Waals surface area (Å²) in [6.07, 6.45) is 2.60. The molecule has 0 heterocycles. The Labute approximate surface area is 159 Å². The SMILES string of the molecule is CCCOc1ccccc1C=NNC(=O)CCC(=O)Nc1ccccc1C. The highest BCUT2D eigenvalue weighted by Crippen LogP contribution is 2.16. The second-order valence-corrected chi connectivity index (χ2v) is 6.04. The fourth-order valence-electron chi connectivity index (χ4n) is 2.31. The summed E-state index contributed by atoms with van der Waals surface area (Å²) in [5, 5.41) is 6.75. The zero-order chi connectivity index (χ0) is 19.5. The van der Waals surface area contributed by atoms with Gasteiger partial charge in [0, 0.05) is 24.1 Å². The van der Waals surface area contributed by atoms with Gasteiger partial charge in [0.25, 0.3) is 0 Å². The van der Waals surface area contributed by atoms with Gasteiger partial charge >= 0.3 is 0 Å². The molecule has 0 unspecified atom stereocenters. The van der Waals surface area contributed by atoms with E-state index in [9.17, 15) is 9.59 Å². The highest BCUT2D eigenvalue weighted by atomic mass is 16.5. The number of para-hydroxylation sites is 2. The standard InChI is InChI=1S/C21H25N3O3/c1-3-14-27-19-11-7-5-9-17(19)15-22-24-21(26)13-12-20(25)23-18-10-6-4-8-16(18)2/h4-11,15H,3,12-14H2,1-2H3,(H,23,25)(H,24,26). The van der Waals surface area contributed by atoms with Crippen molar-refractivity contribution in [2.75, 3.05) is 11.9 Å². The predicted octanol–water partition coefficient (Wildman–Crippen LogP) is 3.65. The number of nitrogens with zero attached hydrogens (tertiary/aromatic N) is 1. The van der Waals surface area contributed by atoms with E-state index in [1.807, 2.05) is 62.4 Å². The molecule has 0 aliphatic heterocycles. The van der Waals surface area contributed by atoms with Gasteiger partial charge in [-0.25, -0.2) is 5.43 Å². The molecule has 2 amide bonds. The summed E-state index contributed by atoms with van der Waals surface area (Å²) in [6, 6.07) is 15.0.